The van der Waals surface area contributed by atoms with Gasteiger partial charge in [0.2, 0.25) is 5.91 Å². The molecule has 0 atom stereocenters. The Morgan fingerprint density at radius 3 is 2.50 bits per heavy atom. The second kappa shape index (κ2) is 6.51. The van der Waals surface area contributed by atoms with Crippen LogP contribution in [-0.2, 0) is 9.59 Å². The Labute approximate surface area is 151 Å². The van der Waals surface area contributed by atoms with Crippen LogP contribution in [-0.4, -0.2) is 29.8 Å². The van der Waals surface area contributed by atoms with E-state index in [1.165, 1.54) is 11.0 Å². The Hall–Kier alpha value is -3.35. The van der Waals surface area contributed by atoms with E-state index >= 15 is 0 Å². The smallest absolute Gasteiger partial charge is 0.252 e. The van der Waals surface area contributed by atoms with Gasteiger partial charge in [0, 0.05) is 0 Å². The van der Waals surface area contributed by atoms with Crippen molar-refractivity contribution in [3.8, 4) is 0 Å². The summed E-state index contributed by atoms with van der Waals surface area (Å²) >= 11 is 0. The van der Waals surface area contributed by atoms with Gasteiger partial charge in [-0.3, -0.25) is 19.3 Å². The molecule has 0 bridgehead atoms. The standard InChI is InChI=1S/C19H20N4O3/c1-19(2)18(26)23(15-10-6-5-9-14(15)22-19)11-16(24)21-13-8-4-3-7-12(13)17(20)25/h3-10,22H,11H2,1-2H3,(H2,20,25)(H,21,24). The number of rotatable bonds is 4. The molecule has 0 radical (unpaired) electrons. The molecule has 0 aliphatic carbocycles. The molecule has 0 saturated heterocycles. The quantitative estimate of drug-likeness (QED) is 0.782. The first-order chi connectivity index (χ1) is 12.3. The van der Waals surface area contributed by atoms with Crippen molar-refractivity contribution in [2.24, 2.45) is 5.73 Å². The van der Waals surface area contributed by atoms with Crippen molar-refractivity contribution < 1.29 is 14.4 Å². The first kappa shape index (κ1) is 17.5. The van der Waals surface area contributed by atoms with Crippen LogP contribution < -0.4 is 21.3 Å². The van der Waals surface area contributed by atoms with Gasteiger partial charge in [0.25, 0.3) is 11.8 Å². The third-order valence-electron chi connectivity index (χ3n) is 4.19. The van der Waals surface area contributed by atoms with E-state index in [2.05, 4.69) is 10.6 Å². The van der Waals surface area contributed by atoms with Crippen molar-refractivity contribution in [1.82, 2.24) is 0 Å². The van der Waals surface area contributed by atoms with Gasteiger partial charge in [0.15, 0.2) is 0 Å². The zero-order valence-electron chi connectivity index (χ0n) is 14.6. The third kappa shape index (κ3) is 3.23. The van der Waals surface area contributed by atoms with Crippen LogP contribution in [0.1, 0.15) is 24.2 Å². The molecule has 1 aliphatic rings. The number of benzene rings is 2. The van der Waals surface area contributed by atoms with Gasteiger partial charge in [-0.1, -0.05) is 24.3 Å². The Morgan fingerprint density at radius 2 is 1.77 bits per heavy atom. The fourth-order valence-electron chi connectivity index (χ4n) is 2.95. The topological polar surface area (TPSA) is 105 Å². The molecule has 1 aliphatic heterocycles. The molecule has 2 aromatic rings. The molecule has 1 heterocycles. The van der Waals surface area contributed by atoms with Crippen molar-refractivity contribution in [2.75, 3.05) is 22.1 Å². The van der Waals surface area contributed by atoms with Gasteiger partial charge < -0.3 is 16.4 Å². The number of fused-ring (bicyclic) bond motifs is 1. The van der Waals surface area contributed by atoms with Crippen molar-refractivity contribution in [1.29, 1.82) is 0 Å². The minimum Gasteiger partial charge on any atom is -0.370 e. The maximum absolute atomic E-state index is 12.8. The molecule has 134 valence electrons. The lowest BCUT2D eigenvalue weighted by Crippen LogP contribution is -2.55. The summed E-state index contributed by atoms with van der Waals surface area (Å²) in [6.07, 6.45) is 0. The second-order valence-electron chi connectivity index (χ2n) is 6.62. The van der Waals surface area contributed by atoms with Crippen LogP contribution in [0.5, 0.6) is 0 Å². The summed E-state index contributed by atoms with van der Waals surface area (Å²) in [6.45, 7) is 3.35. The van der Waals surface area contributed by atoms with Crippen LogP contribution in [0.25, 0.3) is 0 Å². The summed E-state index contributed by atoms with van der Waals surface area (Å²) in [7, 11) is 0. The molecule has 0 fully saturated rings. The van der Waals surface area contributed by atoms with E-state index in [9.17, 15) is 14.4 Å². The fourth-order valence-corrected chi connectivity index (χ4v) is 2.95. The number of nitrogens with zero attached hydrogens (tertiary/aromatic N) is 1. The Kier molecular flexibility index (Phi) is 4.38. The lowest BCUT2D eigenvalue weighted by Gasteiger charge is -2.39. The van der Waals surface area contributed by atoms with E-state index < -0.39 is 17.4 Å². The highest BCUT2D eigenvalue weighted by atomic mass is 16.2. The fraction of sp³-hybridized carbons (Fsp3) is 0.211. The summed E-state index contributed by atoms with van der Waals surface area (Å²) in [5.74, 6) is -1.26. The summed E-state index contributed by atoms with van der Waals surface area (Å²) in [4.78, 5) is 38.3. The zero-order valence-corrected chi connectivity index (χ0v) is 14.6. The lowest BCUT2D eigenvalue weighted by molar-refractivity contribution is -0.124. The number of hydrogen-bond donors (Lipinski definition) is 3. The van der Waals surface area contributed by atoms with E-state index in [0.29, 0.717) is 11.4 Å². The van der Waals surface area contributed by atoms with Crippen molar-refractivity contribution in [3.63, 3.8) is 0 Å². The molecule has 0 saturated carbocycles. The van der Waals surface area contributed by atoms with Crippen LogP contribution in [0.2, 0.25) is 0 Å². The number of anilines is 3. The number of carbonyl (C=O) groups is 3. The van der Waals surface area contributed by atoms with E-state index in [4.69, 9.17) is 5.73 Å². The van der Waals surface area contributed by atoms with Crippen LogP contribution in [0, 0.1) is 0 Å². The average molecular weight is 352 g/mol. The largest absolute Gasteiger partial charge is 0.370 e. The molecule has 4 N–H and O–H groups in total. The maximum Gasteiger partial charge on any atom is 0.252 e. The number of amides is 3. The number of nitrogens with two attached hydrogens (primary N) is 1. The third-order valence-corrected chi connectivity index (χ3v) is 4.19. The molecule has 3 rings (SSSR count). The van der Waals surface area contributed by atoms with E-state index in [-0.39, 0.29) is 18.0 Å². The van der Waals surface area contributed by atoms with Crippen molar-refractivity contribution >= 4 is 34.8 Å². The van der Waals surface area contributed by atoms with Crippen LogP contribution >= 0.6 is 0 Å². The molecule has 26 heavy (non-hydrogen) atoms. The van der Waals surface area contributed by atoms with Crippen LogP contribution in [0.3, 0.4) is 0 Å². The van der Waals surface area contributed by atoms with E-state index in [0.717, 1.165) is 5.69 Å². The molecular formula is C19H20N4O3. The minimum atomic E-state index is -0.834. The SMILES string of the molecule is CC1(C)Nc2ccccc2N(CC(=O)Nc2ccccc2C(N)=O)C1=O. The summed E-state index contributed by atoms with van der Waals surface area (Å²) < 4.78 is 0. The van der Waals surface area contributed by atoms with E-state index in [1.54, 1.807) is 44.2 Å². The first-order valence-corrected chi connectivity index (χ1v) is 8.17. The molecule has 3 amide bonds. The first-order valence-electron chi connectivity index (χ1n) is 8.17. The highest BCUT2D eigenvalue weighted by Crippen LogP contribution is 2.34. The van der Waals surface area contributed by atoms with Gasteiger partial charge in [0.05, 0.1) is 22.6 Å². The Morgan fingerprint density at radius 1 is 1.12 bits per heavy atom. The normalized spacial score (nSPS) is 15.0. The molecule has 0 aromatic heterocycles. The lowest BCUT2D eigenvalue weighted by atomic mass is 9.98. The van der Waals surface area contributed by atoms with Gasteiger partial charge in [-0.25, -0.2) is 0 Å². The second-order valence-corrected chi connectivity index (χ2v) is 6.62. The van der Waals surface area contributed by atoms with Crippen molar-refractivity contribution in [2.45, 2.75) is 19.4 Å². The number of hydrogen-bond acceptors (Lipinski definition) is 4. The highest BCUT2D eigenvalue weighted by Gasteiger charge is 2.39. The summed E-state index contributed by atoms with van der Waals surface area (Å²) in [5, 5.41) is 5.84. The molecule has 7 nitrogen and oxygen atoms in total. The zero-order chi connectivity index (χ0) is 18.9. The van der Waals surface area contributed by atoms with Gasteiger partial charge in [-0.2, -0.15) is 0 Å². The van der Waals surface area contributed by atoms with Crippen molar-refractivity contribution in [3.05, 3.63) is 54.1 Å². The highest BCUT2D eigenvalue weighted by molar-refractivity contribution is 6.12. The molecular weight excluding hydrogens is 332 g/mol. The monoisotopic (exact) mass is 352 g/mol. The summed E-state index contributed by atoms with van der Waals surface area (Å²) in [6, 6.07) is 13.8. The Bertz CT molecular complexity index is 892. The van der Waals surface area contributed by atoms with Gasteiger partial charge >= 0.3 is 0 Å². The predicted octanol–water partition coefficient (Wildman–Crippen LogP) is 1.96. The molecule has 0 unspecified atom stereocenters. The molecule has 0 spiro atoms. The van der Waals surface area contributed by atoms with Crippen LogP contribution in [0.4, 0.5) is 17.1 Å². The number of carbonyl (C=O) groups excluding carboxylic acids is 3. The molecule has 2 aromatic carbocycles. The van der Waals surface area contributed by atoms with Gasteiger partial charge in [0.1, 0.15) is 12.1 Å². The van der Waals surface area contributed by atoms with E-state index in [1.807, 2.05) is 12.1 Å². The maximum atomic E-state index is 12.8. The minimum absolute atomic E-state index is 0.173. The number of primary amides is 1. The Balaban J connectivity index is 1.85. The van der Waals surface area contributed by atoms with Gasteiger partial charge in [-0.15, -0.1) is 0 Å². The van der Waals surface area contributed by atoms with Crippen LogP contribution in [0.15, 0.2) is 48.5 Å². The average Bonchev–Trinajstić information content (AvgIpc) is 2.59. The summed E-state index contributed by atoms with van der Waals surface area (Å²) in [5.41, 5.74) is 6.45. The van der Waals surface area contributed by atoms with Gasteiger partial charge in [-0.05, 0) is 38.1 Å². The number of nitrogens with one attached hydrogen (secondary N) is 2. The number of para-hydroxylation sites is 3. The predicted molar refractivity (Wildman–Crippen MR) is 100 cm³/mol. The molecule has 7 heteroatoms.